The van der Waals surface area contributed by atoms with Gasteiger partial charge in [0.05, 0.1) is 17.4 Å². The quantitative estimate of drug-likeness (QED) is 0.317. The van der Waals surface area contributed by atoms with E-state index in [1.54, 1.807) is 6.33 Å². The van der Waals surface area contributed by atoms with E-state index in [1.807, 2.05) is 18.2 Å². The van der Waals surface area contributed by atoms with Crippen LogP contribution in [0.15, 0.2) is 53.9 Å². The van der Waals surface area contributed by atoms with Gasteiger partial charge in [0.25, 0.3) is 0 Å². The highest BCUT2D eigenvalue weighted by Crippen LogP contribution is 2.20. The average molecular weight is 289 g/mol. The Kier molecular flexibility index (Phi) is 4.18. The molecule has 1 N–H and O–H groups in total. The minimum absolute atomic E-state index is 0.447. The van der Waals surface area contributed by atoms with Crippen LogP contribution in [0, 0.1) is 0 Å². The molecule has 0 atom stereocenters. The molecule has 2 aromatic carbocycles. The summed E-state index contributed by atoms with van der Waals surface area (Å²) in [6.07, 6.45) is 6.54. The van der Waals surface area contributed by atoms with Crippen LogP contribution in [0.3, 0.4) is 0 Å². The van der Waals surface area contributed by atoms with E-state index in [0.717, 1.165) is 27.7 Å². The van der Waals surface area contributed by atoms with Gasteiger partial charge in [0.15, 0.2) is 0 Å². The zero-order valence-corrected chi connectivity index (χ0v) is 12.0. The molecule has 0 saturated heterocycles. The molecule has 3 rings (SSSR count). The summed E-state index contributed by atoms with van der Waals surface area (Å²) in [4.78, 5) is 10.2. The minimum atomic E-state index is 0.447. The summed E-state index contributed by atoms with van der Waals surface area (Å²) in [6.45, 7) is 0.447. The van der Waals surface area contributed by atoms with Crippen LogP contribution in [0.4, 0.5) is 0 Å². The Hall–Kier alpha value is -3.04. The maximum atomic E-state index is 8.43. The predicted octanol–water partition coefficient (Wildman–Crippen LogP) is 4.59. The minimum Gasteiger partial charge on any atom is -0.345 e. The Bertz CT molecular complexity index is 842. The van der Waals surface area contributed by atoms with Gasteiger partial charge >= 0.3 is 0 Å². The molecule has 0 saturated carbocycles. The first-order valence-electron chi connectivity index (χ1n) is 7.07. The highest BCUT2D eigenvalue weighted by molar-refractivity contribution is 5.82. The van der Waals surface area contributed by atoms with E-state index >= 15 is 0 Å². The van der Waals surface area contributed by atoms with Gasteiger partial charge in [0, 0.05) is 11.5 Å². The second-order valence-corrected chi connectivity index (χ2v) is 4.92. The van der Waals surface area contributed by atoms with E-state index in [4.69, 9.17) is 5.53 Å². The van der Waals surface area contributed by atoms with Crippen molar-refractivity contribution in [3.05, 3.63) is 75.9 Å². The first-order valence-corrected chi connectivity index (χ1v) is 7.07. The standard InChI is InChI=1S/C17H15N5/c18-22-21-9-8-15-11-17-16(19-12-20-17)10-14(15)7-6-13-4-2-1-3-5-13/h1-7,10-12H,8-9H2,(H,19,20)/b7-6+. The predicted molar refractivity (Wildman–Crippen MR) is 89.2 cm³/mol. The molecule has 0 aliphatic rings. The maximum absolute atomic E-state index is 8.43. The normalized spacial score (nSPS) is 10.9. The van der Waals surface area contributed by atoms with Crippen LogP contribution in [-0.2, 0) is 6.42 Å². The number of fused-ring (bicyclic) bond motifs is 1. The molecule has 0 bridgehead atoms. The monoisotopic (exact) mass is 289 g/mol. The second kappa shape index (κ2) is 6.61. The molecule has 0 amide bonds. The van der Waals surface area contributed by atoms with Gasteiger partial charge in [-0.3, -0.25) is 0 Å². The fourth-order valence-electron chi connectivity index (χ4n) is 2.38. The molecule has 1 aromatic heterocycles. The van der Waals surface area contributed by atoms with E-state index < -0.39 is 0 Å². The number of hydrogen-bond acceptors (Lipinski definition) is 2. The van der Waals surface area contributed by atoms with Crippen molar-refractivity contribution in [1.29, 1.82) is 0 Å². The molecule has 1 heterocycles. The lowest BCUT2D eigenvalue weighted by molar-refractivity contribution is 0.955. The molecule has 0 unspecified atom stereocenters. The fourth-order valence-corrected chi connectivity index (χ4v) is 2.38. The lowest BCUT2D eigenvalue weighted by atomic mass is 10.0. The zero-order valence-electron chi connectivity index (χ0n) is 12.0. The Morgan fingerprint density at radius 2 is 2.05 bits per heavy atom. The Balaban J connectivity index is 1.96. The van der Waals surface area contributed by atoms with Crippen molar-refractivity contribution in [3.63, 3.8) is 0 Å². The molecule has 0 aliphatic carbocycles. The van der Waals surface area contributed by atoms with Crippen molar-refractivity contribution in [2.45, 2.75) is 6.42 Å². The van der Waals surface area contributed by atoms with Crippen LogP contribution in [0.2, 0.25) is 0 Å². The number of azide groups is 1. The lowest BCUT2D eigenvalue weighted by Crippen LogP contribution is -1.93. The largest absolute Gasteiger partial charge is 0.345 e. The van der Waals surface area contributed by atoms with Crippen molar-refractivity contribution in [2.75, 3.05) is 6.54 Å². The molecule has 108 valence electrons. The smallest absolute Gasteiger partial charge is 0.0931 e. The number of H-pyrrole nitrogens is 1. The maximum Gasteiger partial charge on any atom is 0.0931 e. The van der Waals surface area contributed by atoms with Gasteiger partial charge in [0.2, 0.25) is 0 Å². The van der Waals surface area contributed by atoms with Gasteiger partial charge < -0.3 is 4.98 Å². The van der Waals surface area contributed by atoms with Crippen molar-refractivity contribution in [3.8, 4) is 0 Å². The third-order valence-corrected chi connectivity index (χ3v) is 3.48. The Morgan fingerprint density at radius 1 is 1.18 bits per heavy atom. The SMILES string of the molecule is [N-]=[N+]=NCCc1cc2[nH]cnc2cc1/C=C/c1ccccc1. The van der Waals surface area contributed by atoms with E-state index in [0.29, 0.717) is 13.0 Å². The number of nitrogens with zero attached hydrogens (tertiary/aromatic N) is 4. The van der Waals surface area contributed by atoms with E-state index in [9.17, 15) is 0 Å². The number of aromatic amines is 1. The summed E-state index contributed by atoms with van der Waals surface area (Å²) in [6, 6.07) is 14.3. The van der Waals surface area contributed by atoms with E-state index in [-0.39, 0.29) is 0 Å². The van der Waals surface area contributed by atoms with Gasteiger partial charge in [-0.2, -0.15) is 0 Å². The van der Waals surface area contributed by atoms with E-state index in [1.165, 1.54) is 0 Å². The topological polar surface area (TPSA) is 77.4 Å². The van der Waals surface area contributed by atoms with Crippen molar-refractivity contribution >= 4 is 23.2 Å². The van der Waals surface area contributed by atoms with Gasteiger partial charge in [-0.05, 0) is 40.8 Å². The van der Waals surface area contributed by atoms with Gasteiger partial charge in [-0.15, -0.1) is 0 Å². The molecule has 0 radical (unpaired) electrons. The van der Waals surface area contributed by atoms with Crippen LogP contribution in [0.5, 0.6) is 0 Å². The van der Waals surface area contributed by atoms with Crippen LogP contribution in [-0.4, -0.2) is 16.5 Å². The Labute approximate surface area is 128 Å². The molecule has 0 aliphatic heterocycles. The first kappa shape index (κ1) is 13.9. The number of aromatic nitrogens is 2. The van der Waals surface area contributed by atoms with Gasteiger partial charge in [0.1, 0.15) is 0 Å². The van der Waals surface area contributed by atoms with Crippen LogP contribution >= 0.6 is 0 Å². The summed E-state index contributed by atoms with van der Waals surface area (Å²) in [5.74, 6) is 0. The zero-order chi connectivity index (χ0) is 15.2. The second-order valence-electron chi connectivity index (χ2n) is 4.92. The molecule has 22 heavy (non-hydrogen) atoms. The number of hydrogen-bond donors (Lipinski definition) is 1. The van der Waals surface area contributed by atoms with Crippen molar-refractivity contribution in [1.82, 2.24) is 9.97 Å². The summed E-state index contributed by atoms with van der Waals surface area (Å²) in [7, 11) is 0. The lowest BCUT2D eigenvalue weighted by Gasteiger charge is -2.05. The fraction of sp³-hybridized carbons (Fsp3) is 0.118. The number of imidazole rings is 1. The van der Waals surface area contributed by atoms with Crippen LogP contribution < -0.4 is 0 Å². The van der Waals surface area contributed by atoms with Crippen LogP contribution in [0.1, 0.15) is 16.7 Å². The Morgan fingerprint density at radius 3 is 2.86 bits per heavy atom. The number of benzene rings is 2. The molecular formula is C17H15N5. The summed E-state index contributed by atoms with van der Waals surface area (Å²) < 4.78 is 0. The molecule has 5 heteroatoms. The van der Waals surface area contributed by atoms with Gasteiger partial charge in [-0.25, -0.2) is 4.98 Å². The number of nitrogens with one attached hydrogen (secondary N) is 1. The highest BCUT2D eigenvalue weighted by atomic mass is 15.1. The summed E-state index contributed by atoms with van der Waals surface area (Å²) in [5, 5.41) is 3.62. The third-order valence-electron chi connectivity index (χ3n) is 3.48. The molecule has 0 spiro atoms. The van der Waals surface area contributed by atoms with Crippen LogP contribution in [0.25, 0.3) is 33.6 Å². The molecular weight excluding hydrogens is 274 g/mol. The summed E-state index contributed by atoms with van der Waals surface area (Å²) in [5.41, 5.74) is 13.7. The summed E-state index contributed by atoms with van der Waals surface area (Å²) >= 11 is 0. The highest BCUT2D eigenvalue weighted by Gasteiger charge is 2.04. The molecule has 0 fully saturated rings. The van der Waals surface area contributed by atoms with E-state index in [2.05, 4.69) is 56.4 Å². The van der Waals surface area contributed by atoms with Crippen molar-refractivity contribution < 1.29 is 0 Å². The third kappa shape index (κ3) is 3.16. The average Bonchev–Trinajstić information content (AvgIpc) is 3.01. The number of rotatable bonds is 5. The first-order chi connectivity index (χ1) is 10.9. The molecule has 5 nitrogen and oxygen atoms in total. The molecule has 3 aromatic rings. The van der Waals surface area contributed by atoms with Crippen molar-refractivity contribution in [2.24, 2.45) is 5.11 Å². The van der Waals surface area contributed by atoms with Gasteiger partial charge in [-0.1, -0.05) is 47.6 Å².